The molecule has 1 unspecified atom stereocenters. The zero-order chi connectivity index (χ0) is 20.4. The highest BCUT2D eigenvalue weighted by atomic mass is 19.1. The summed E-state index contributed by atoms with van der Waals surface area (Å²) in [6.45, 7) is 5.40. The van der Waals surface area contributed by atoms with Crippen molar-refractivity contribution in [2.45, 2.75) is 46.1 Å². The van der Waals surface area contributed by atoms with Crippen LogP contribution in [0.3, 0.4) is 0 Å². The van der Waals surface area contributed by atoms with E-state index >= 15 is 0 Å². The van der Waals surface area contributed by atoms with Crippen molar-refractivity contribution in [3.8, 4) is 11.3 Å². The molecular weight excluding hydrogens is 366 g/mol. The molecule has 29 heavy (non-hydrogen) atoms. The Balaban J connectivity index is 1.87. The third-order valence-corrected chi connectivity index (χ3v) is 5.85. The van der Waals surface area contributed by atoms with Crippen LogP contribution >= 0.6 is 0 Å². The maximum Gasteiger partial charge on any atom is 0.135 e. The van der Waals surface area contributed by atoms with Crippen molar-refractivity contribution in [3.63, 3.8) is 0 Å². The lowest BCUT2D eigenvalue weighted by Gasteiger charge is -2.17. The van der Waals surface area contributed by atoms with E-state index < -0.39 is 11.6 Å². The van der Waals surface area contributed by atoms with Gasteiger partial charge >= 0.3 is 0 Å². The van der Waals surface area contributed by atoms with E-state index in [4.69, 9.17) is 0 Å². The van der Waals surface area contributed by atoms with Gasteiger partial charge in [0.05, 0.1) is 11.2 Å². The molecule has 2 heterocycles. The molecule has 150 valence electrons. The summed E-state index contributed by atoms with van der Waals surface area (Å²) in [6, 6.07) is 13.9. The van der Waals surface area contributed by atoms with Gasteiger partial charge in [-0.15, -0.1) is 0 Å². The molecule has 0 aliphatic heterocycles. The predicted molar refractivity (Wildman–Crippen MR) is 116 cm³/mol. The third kappa shape index (κ3) is 3.76. The first-order chi connectivity index (χ1) is 14.1. The number of pyridine rings is 1. The summed E-state index contributed by atoms with van der Waals surface area (Å²) < 4.78 is 30.0. The summed E-state index contributed by atoms with van der Waals surface area (Å²) in [7, 11) is 0. The molecule has 0 N–H and O–H groups in total. The molecule has 0 saturated heterocycles. The number of benzene rings is 2. The number of para-hydroxylation sites is 1. The van der Waals surface area contributed by atoms with Gasteiger partial charge < -0.3 is 4.57 Å². The highest BCUT2D eigenvalue weighted by molar-refractivity contribution is 6.08. The van der Waals surface area contributed by atoms with Gasteiger partial charge in [-0.05, 0) is 36.6 Å². The lowest BCUT2D eigenvalue weighted by Crippen LogP contribution is -2.10. The van der Waals surface area contributed by atoms with Crippen LogP contribution in [0.25, 0.3) is 33.1 Å². The standard InChI is InChI=1S/C25H26F2N2/c1-3-5-8-17(4-2)16-29-24-10-7-6-9-19(24)21-15-28-23(14-25(21)29)20-12-11-18(26)13-22(20)27/h6-7,9-15,17H,3-5,8,16H2,1-2H3. The van der Waals surface area contributed by atoms with Gasteiger partial charge in [0.2, 0.25) is 0 Å². The van der Waals surface area contributed by atoms with E-state index in [1.54, 1.807) is 0 Å². The van der Waals surface area contributed by atoms with Crippen LogP contribution in [0.15, 0.2) is 54.7 Å². The molecule has 0 saturated carbocycles. The number of aromatic nitrogens is 2. The smallest absolute Gasteiger partial charge is 0.135 e. The molecule has 1 atom stereocenters. The second-order valence-electron chi connectivity index (χ2n) is 7.76. The van der Waals surface area contributed by atoms with Gasteiger partial charge in [-0.3, -0.25) is 4.98 Å². The maximum absolute atomic E-state index is 14.4. The van der Waals surface area contributed by atoms with Gasteiger partial charge in [0, 0.05) is 40.7 Å². The molecule has 0 radical (unpaired) electrons. The first kappa shape index (κ1) is 19.6. The molecule has 4 heteroatoms. The zero-order valence-electron chi connectivity index (χ0n) is 17.0. The van der Waals surface area contributed by atoms with E-state index in [2.05, 4.69) is 41.6 Å². The minimum Gasteiger partial charge on any atom is -0.340 e. The Hall–Kier alpha value is -2.75. The van der Waals surface area contributed by atoms with E-state index in [1.807, 2.05) is 18.3 Å². The fraction of sp³-hybridized carbons (Fsp3) is 0.320. The van der Waals surface area contributed by atoms with Crippen LogP contribution in [0, 0.1) is 17.6 Å². The van der Waals surface area contributed by atoms with Crippen molar-refractivity contribution < 1.29 is 8.78 Å². The monoisotopic (exact) mass is 392 g/mol. The van der Waals surface area contributed by atoms with Gasteiger partial charge in [-0.25, -0.2) is 8.78 Å². The summed E-state index contributed by atoms with van der Waals surface area (Å²) in [4.78, 5) is 4.50. The van der Waals surface area contributed by atoms with Gasteiger partial charge in [0.15, 0.2) is 0 Å². The van der Waals surface area contributed by atoms with Crippen molar-refractivity contribution in [1.29, 1.82) is 0 Å². The Labute approximate surface area is 170 Å². The zero-order valence-corrected chi connectivity index (χ0v) is 17.0. The summed E-state index contributed by atoms with van der Waals surface area (Å²) in [5.41, 5.74) is 3.08. The summed E-state index contributed by atoms with van der Waals surface area (Å²) >= 11 is 0. The van der Waals surface area contributed by atoms with Crippen LogP contribution in [-0.2, 0) is 6.54 Å². The molecule has 4 rings (SSSR count). The van der Waals surface area contributed by atoms with Crippen LogP contribution in [0.2, 0.25) is 0 Å². The maximum atomic E-state index is 14.4. The molecule has 0 aliphatic carbocycles. The van der Waals surface area contributed by atoms with E-state index in [0.717, 1.165) is 35.3 Å². The second kappa shape index (κ2) is 8.32. The normalized spacial score (nSPS) is 12.7. The van der Waals surface area contributed by atoms with Crippen molar-refractivity contribution in [3.05, 3.63) is 66.4 Å². The Morgan fingerprint density at radius 2 is 1.79 bits per heavy atom. The topological polar surface area (TPSA) is 17.8 Å². The lowest BCUT2D eigenvalue weighted by molar-refractivity contribution is 0.401. The number of nitrogens with zero attached hydrogens (tertiary/aromatic N) is 2. The molecule has 2 aromatic heterocycles. The van der Waals surface area contributed by atoms with Crippen molar-refractivity contribution in [2.75, 3.05) is 0 Å². The molecule has 2 aromatic carbocycles. The molecule has 2 nitrogen and oxygen atoms in total. The second-order valence-corrected chi connectivity index (χ2v) is 7.76. The average molecular weight is 392 g/mol. The minimum absolute atomic E-state index is 0.322. The Morgan fingerprint density at radius 3 is 2.55 bits per heavy atom. The first-order valence-corrected chi connectivity index (χ1v) is 10.4. The number of rotatable bonds is 7. The number of unbranched alkanes of at least 4 members (excludes halogenated alkanes) is 1. The highest BCUT2D eigenvalue weighted by Crippen LogP contribution is 2.33. The number of hydrogen-bond acceptors (Lipinski definition) is 1. The third-order valence-electron chi connectivity index (χ3n) is 5.85. The number of hydrogen-bond donors (Lipinski definition) is 0. The number of halogens is 2. The first-order valence-electron chi connectivity index (χ1n) is 10.4. The van der Waals surface area contributed by atoms with Crippen LogP contribution in [0.5, 0.6) is 0 Å². The Morgan fingerprint density at radius 1 is 0.966 bits per heavy atom. The molecule has 4 aromatic rings. The summed E-state index contributed by atoms with van der Waals surface area (Å²) in [5.74, 6) is -0.579. The molecule has 0 spiro atoms. The molecule has 0 aliphatic rings. The van der Waals surface area contributed by atoms with E-state index in [-0.39, 0.29) is 0 Å². The lowest BCUT2D eigenvalue weighted by atomic mass is 9.99. The van der Waals surface area contributed by atoms with Gasteiger partial charge in [0.1, 0.15) is 11.6 Å². The Bertz CT molecular complexity index is 1150. The molecule has 0 fully saturated rings. The predicted octanol–water partition coefficient (Wildman–Crippen LogP) is 7.35. The van der Waals surface area contributed by atoms with E-state index in [9.17, 15) is 8.78 Å². The van der Waals surface area contributed by atoms with Crippen LogP contribution < -0.4 is 0 Å². The average Bonchev–Trinajstić information content (AvgIpc) is 3.04. The number of fused-ring (bicyclic) bond motifs is 3. The molecular formula is C25H26F2N2. The Kier molecular flexibility index (Phi) is 5.61. The van der Waals surface area contributed by atoms with Crippen molar-refractivity contribution in [1.82, 2.24) is 9.55 Å². The van der Waals surface area contributed by atoms with Crippen molar-refractivity contribution >= 4 is 21.8 Å². The van der Waals surface area contributed by atoms with Crippen LogP contribution in [0.1, 0.15) is 39.5 Å². The van der Waals surface area contributed by atoms with E-state index in [0.29, 0.717) is 17.2 Å². The highest BCUT2D eigenvalue weighted by Gasteiger charge is 2.16. The fourth-order valence-electron chi connectivity index (χ4n) is 4.16. The molecule has 0 bridgehead atoms. The fourth-order valence-corrected chi connectivity index (χ4v) is 4.16. The van der Waals surface area contributed by atoms with Crippen LogP contribution in [-0.4, -0.2) is 9.55 Å². The van der Waals surface area contributed by atoms with Crippen LogP contribution in [0.4, 0.5) is 8.78 Å². The van der Waals surface area contributed by atoms with Gasteiger partial charge in [0.25, 0.3) is 0 Å². The summed E-state index contributed by atoms with van der Waals surface area (Å²) in [5, 5.41) is 2.23. The van der Waals surface area contributed by atoms with Gasteiger partial charge in [-0.1, -0.05) is 51.3 Å². The van der Waals surface area contributed by atoms with Crippen molar-refractivity contribution in [2.24, 2.45) is 5.92 Å². The molecule has 0 amide bonds. The van der Waals surface area contributed by atoms with Gasteiger partial charge in [-0.2, -0.15) is 0 Å². The minimum atomic E-state index is -0.589. The SMILES string of the molecule is CCCCC(CC)Cn1c2ccccc2c2cnc(-c3ccc(F)cc3F)cc21. The van der Waals surface area contributed by atoms with E-state index in [1.165, 1.54) is 36.9 Å². The summed E-state index contributed by atoms with van der Waals surface area (Å²) in [6.07, 6.45) is 6.56. The largest absolute Gasteiger partial charge is 0.340 e. The quantitative estimate of drug-likeness (QED) is 0.321.